The van der Waals surface area contributed by atoms with Crippen LogP contribution in [0.5, 0.6) is 0 Å². The van der Waals surface area contributed by atoms with E-state index >= 15 is 0 Å². The zero-order chi connectivity index (χ0) is 81.0. The molecule has 120 heavy (non-hydrogen) atoms. The lowest BCUT2D eigenvalue weighted by Crippen LogP contribution is -1.94. The normalized spacial score (nSPS) is 11.3. The molecule has 0 N–H and O–H groups in total. The van der Waals surface area contributed by atoms with Crippen LogP contribution in [-0.4, -0.2) is 18.3 Å². The lowest BCUT2D eigenvalue weighted by atomic mass is 10.1. The van der Waals surface area contributed by atoms with E-state index in [4.69, 9.17) is 17.7 Å². The van der Waals surface area contributed by atoms with E-state index < -0.39 is 0 Å². The largest absolute Gasteiger partial charge is 0.456 e. The van der Waals surface area contributed by atoms with Crippen molar-refractivity contribution in [3.8, 4) is 71.3 Å². The van der Waals surface area contributed by atoms with Crippen LogP contribution in [0.1, 0.15) is 44.5 Å². The Hall–Kier alpha value is -18.2. The summed E-state index contributed by atoms with van der Waals surface area (Å²) in [6.45, 7) is 0. The monoisotopic (exact) mass is 1530 g/mol. The van der Waals surface area contributed by atoms with Crippen LogP contribution < -0.4 is 0 Å². The highest BCUT2D eigenvalue weighted by Gasteiger charge is 2.24. The Bertz CT molecular complexity index is 8650. The molecule has 0 fully saturated rings. The molecule has 0 atom stereocenters. The maximum Gasteiger partial charge on any atom is 0.159 e. The summed E-state index contributed by atoms with van der Waals surface area (Å²) in [5.41, 5.74) is 23.2. The van der Waals surface area contributed by atoms with Gasteiger partial charge in [-0.1, -0.05) is 91.0 Å². The molecule has 0 aliphatic carbocycles. The van der Waals surface area contributed by atoms with Crippen molar-refractivity contribution in [2.24, 2.45) is 0 Å². The molecule has 0 bridgehead atoms. The topological polar surface area (TPSA) is 263 Å². The Morgan fingerprint density at radius 2 is 0.450 bits per heavy atom. The molecular formula is C104H52N12O4. The minimum atomic E-state index is 0.589. The predicted octanol–water partition coefficient (Wildman–Crippen LogP) is 25.7. The molecule has 8 aromatic heterocycles. The number of furan rings is 4. The van der Waals surface area contributed by atoms with Crippen LogP contribution in [0.3, 0.4) is 0 Å². The van der Waals surface area contributed by atoms with Gasteiger partial charge in [-0.3, -0.25) is 0 Å². The van der Waals surface area contributed by atoms with E-state index in [1.165, 1.54) is 0 Å². The van der Waals surface area contributed by atoms with E-state index in [0.717, 1.165) is 198 Å². The molecule has 0 radical (unpaired) electrons. The van der Waals surface area contributed by atoms with E-state index in [-0.39, 0.29) is 0 Å². The minimum Gasteiger partial charge on any atom is -0.456 e. The molecule has 0 aliphatic heterocycles. The summed E-state index contributed by atoms with van der Waals surface area (Å²) in [6, 6.07) is 120. The summed E-state index contributed by atoms with van der Waals surface area (Å²) in [5, 5.41) is 91.2. The Kier molecular flexibility index (Phi) is 16.2. The summed E-state index contributed by atoms with van der Waals surface area (Å²) in [5.74, 6) is 0. The van der Waals surface area contributed by atoms with Crippen LogP contribution in [0, 0.1) is 90.6 Å². The summed E-state index contributed by atoms with van der Waals surface area (Å²) in [6.07, 6.45) is 0. The number of hydrogen-bond donors (Lipinski definition) is 0. The number of nitriles is 8. The van der Waals surface area contributed by atoms with Crippen LogP contribution >= 0.6 is 0 Å². The van der Waals surface area contributed by atoms with Crippen LogP contribution in [0.2, 0.25) is 0 Å². The zero-order valence-corrected chi connectivity index (χ0v) is 63.0. The average molecular weight is 1530 g/mol. The van der Waals surface area contributed by atoms with E-state index in [2.05, 4.69) is 121 Å². The molecule has 16 aromatic carbocycles. The molecule has 16 heteroatoms. The Labute approximate surface area is 680 Å². The highest BCUT2D eigenvalue weighted by molar-refractivity contribution is 6.18. The lowest BCUT2D eigenvalue weighted by Gasteiger charge is -2.09. The summed E-state index contributed by atoms with van der Waals surface area (Å²) in [7, 11) is 0. The van der Waals surface area contributed by atoms with Crippen molar-refractivity contribution in [1.82, 2.24) is 18.3 Å². The van der Waals surface area contributed by atoms with E-state index in [9.17, 15) is 42.1 Å². The molecule has 552 valence electrons. The first-order chi connectivity index (χ1) is 59.1. The molecule has 0 saturated carbocycles. The van der Waals surface area contributed by atoms with Crippen molar-refractivity contribution in [2.45, 2.75) is 0 Å². The molecule has 16 nitrogen and oxygen atoms in total. The number of rotatable bonds is 4. The number of aromatic nitrogens is 4. The fourth-order valence-corrected chi connectivity index (χ4v) is 17.3. The number of nitrogens with zero attached hydrogens (tertiary/aromatic N) is 12. The van der Waals surface area contributed by atoms with Gasteiger partial charge in [0.1, 0.15) is 39.1 Å². The maximum absolute atomic E-state index is 9.40. The number of benzene rings is 16. The van der Waals surface area contributed by atoms with E-state index in [0.29, 0.717) is 44.5 Å². The third kappa shape index (κ3) is 11.1. The van der Waals surface area contributed by atoms with Gasteiger partial charge in [-0.05, 0) is 218 Å². The smallest absolute Gasteiger partial charge is 0.159 e. The van der Waals surface area contributed by atoms with Crippen LogP contribution in [-0.2, 0) is 0 Å². The van der Waals surface area contributed by atoms with Gasteiger partial charge in [0.05, 0.1) is 154 Å². The van der Waals surface area contributed by atoms with Gasteiger partial charge in [-0.25, -0.2) is 0 Å². The third-order valence-corrected chi connectivity index (χ3v) is 22.6. The molecule has 0 amide bonds. The highest BCUT2D eigenvalue weighted by atomic mass is 16.3. The van der Waals surface area contributed by atoms with Gasteiger partial charge < -0.3 is 35.9 Å². The van der Waals surface area contributed by atoms with Crippen molar-refractivity contribution >= 4 is 175 Å². The van der Waals surface area contributed by atoms with Gasteiger partial charge in [-0.2, -0.15) is 42.1 Å². The number of para-hydroxylation sites is 5. The summed E-state index contributed by atoms with van der Waals surface area (Å²) >= 11 is 0. The second-order valence-electron chi connectivity index (χ2n) is 29.1. The first-order valence-corrected chi connectivity index (χ1v) is 38.3. The van der Waals surface area contributed by atoms with Crippen molar-refractivity contribution in [1.29, 1.82) is 42.1 Å². The van der Waals surface area contributed by atoms with Crippen molar-refractivity contribution < 1.29 is 17.7 Å². The van der Waals surface area contributed by atoms with Crippen LogP contribution in [0.15, 0.2) is 333 Å². The molecular weight excluding hydrogens is 1480 g/mol. The Morgan fingerprint density at radius 3 is 0.867 bits per heavy atom. The van der Waals surface area contributed by atoms with Gasteiger partial charge >= 0.3 is 0 Å². The second kappa shape index (κ2) is 27.9. The summed E-state index contributed by atoms with van der Waals surface area (Å²) < 4.78 is 33.1. The SMILES string of the molecule is N#Cc1ccc2c(c1)c1cc(C#N)ccc1n2-c1ccc2c(c1)oc1ccccc12.N#Cc1ccc2c(c1)c1cc(C#N)ccc1n2-c1ccc2oc3ccccc3c2c1.N#Cc1ccc2c(c1)c1cc(C#N)ccc1n2-c1cccc2c1oc1ccccc12.N#Cc1ccc2c(c1)c1cc(C#N)ccc1n2-c1cccc2oc3ccccc3c12. The fourth-order valence-electron chi connectivity index (χ4n) is 17.3. The maximum atomic E-state index is 9.40. The van der Waals surface area contributed by atoms with Gasteiger partial charge in [0.25, 0.3) is 0 Å². The Morgan fingerprint density at radius 1 is 0.175 bits per heavy atom. The first kappa shape index (κ1) is 69.8. The molecule has 8 heterocycles. The summed E-state index contributed by atoms with van der Waals surface area (Å²) in [4.78, 5) is 0. The minimum absolute atomic E-state index is 0.589. The van der Waals surface area contributed by atoms with Gasteiger partial charge in [0.2, 0.25) is 0 Å². The van der Waals surface area contributed by atoms with Crippen molar-refractivity contribution in [2.75, 3.05) is 0 Å². The zero-order valence-electron chi connectivity index (χ0n) is 63.0. The molecule has 0 saturated heterocycles. The average Bonchev–Trinajstić information content (AvgIpc) is 1.57. The standard InChI is InChI=1S/4C26H13N3O/c27-14-16-8-10-22-20(12-16)21-13-17(15-28)9-11-23(21)29(22)24-6-3-5-19-18-4-1-2-7-25(18)30-26(19)24;27-14-16-8-10-21-19(12-16)20-13-17(15-28)9-11-22(20)29(21)23-5-3-7-25-26(23)18-4-1-2-6-24(18)30-25;27-14-16-5-9-23-21(11-16)22-12-17(15-28)6-10-24(22)29(23)18-7-8-20-19-3-1-2-4-25(19)30-26(20)13-18;27-14-16-5-8-23-20(11-16)21-12-17(15-28)6-9-24(21)29(23)18-7-10-26-22(13-18)19-3-1-2-4-25(19)30-26/h4*1-13H. The van der Waals surface area contributed by atoms with Crippen molar-refractivity contribution in [3.05, 3.63) is 360 Å². The van der Waals surface area contributed by atoms with E-state index in [1.54, 1.807) is 0 Å². The van der Waals surface area contributed by atoms with Crippen LogP contribution in [0.4, 0.5) is 0 Å². The second-order valence-corrected chi connectivity index (χ2v) is 29.1. The van der Waals surface area contributed by atoms with E-state index in [1.807, 2.05) is 261 Å². The molecule has 0 unspecified atom stereocenters. The predicted molar refractivity (Wildman–Crippen MR) is 470 cm³/mol. The fraction of sp³-hybridized carbons (Fsp3) is 0. The molecule has 24 rings (SSSR count). The first-order valence-electron chi connectivity index (χ1n) is 38.3. The molecule has 0 spiro atoms. The van der Waals surface area contributed by atoms with Gasteiger partial charge in [-0.15, -0.1) is 0 Å². The van der Waals surface area contributed by atoms with Crippen molar-refractivity contribution in [3.63, 3.8) is 0 Å². The van der Waals surface area contributed by atoms with Crippen LogP contribution in [0.25, 0.3) is 198 Å². The highest BCUT2D eigenvalue weighted by Crippen LogP contribution is 2.44. The van der Waals surface area contributed by atoms with Gasteiger partial charge in [0, 0.05) is 98.2 Å². The lowest BCUT2D eigenvalue weighted by molar-refractivity contribution is 0.666. The Balaban J connectivity index is 0.0000000990. The molecule has 0 aliphatic rings. The number of hydrogen-bond acceptors (Lipinski definition) is 12. The quantitative estimate of drug-likeness (QED) is 0.159. The third-order valence-electron chi connectivity index (χ3n) is 22.6. The number of fused-ring (bicyclic) bond motifs is 24. The molecule has 24 aromatic rings. The van der Waals surface area contributed by atoms with Gasteiger partial charge in [0.15, 0.2) is 5.58 Å².